The molecule has 0 aromatic heterocycles. The van der Waals surface area contributed by atoms with Crippen LogP contribution in [-0.4, -0.2) is 28.9 Å². The average Bonchev–Trinajstić information content (AvgIpc) is 2.43. The molecule has 0 fully saturated rings. The number of aliphatic hydroxyl groups excluding tert-OH is 1. The zero-order valence-electron chi connectivity index (χ0n) is 13.1. The number of fused-ring (bicyclic) bond motifs is 1. The Labute approximate surface area is 129 Å². The molecular formula is C17H22O5. The molecule has 0 spiro atoms. The maximum Gasteiger partial charge on any atom is 0.170 e. The first-order valence-electron chi connectivity index (χ1n) is 7.49. The standard InChI is InChI=1S/C17H22O5/c1-9(2)6-11(18)7-10-8-13(20)15-14(22-3)5-4-12(19)16(15)17(10)21/h4-5,9-10,13,19-20H,6-8H2,1-3H3. The first-order valence-corrected chi connectivity index (χ1v) is 7.49. The van der Waals surface area contributed by atoms with Crippen molar-refractivity contribution < 1.29 is 24.5 Å². The summed E-state index contributed by atoms with van der Waals surface area (Å²) in [6, 6.07) is 2.90. The van der Waals surface area contributed by atoms with Gasteiger partial charge in [-0.25, -0.2) is 0 Å². The van der Waals surface area contributed by atoms with E-state index >= 15 is 0 Å². The normalized spacial score (nSPS) is 20.9. The Morgan fingerprint density at radius 2 is 2.09 bits per heavy atom. The third kappa shape index (κ3) is 3.14. The molecule has 120 valence electrons. The molecule has 0 radical (unpaired) electrons. The van der Waals surface area contributed by atoms with Crippen molar-refractivity contribution in [3.8, 4) is 11.5 Å². The Balaban J connectivity index is 2.32. The molecular weight excluding hydrogens is 284 g/mol. The fourth-order valence-corrected chi connectivity index (χ4v) is 3.04. The number of hydrogen-bond acceptors (Lipinski definition) is 5. The van der Waals surface area contributed by atoms with Crippen molar-refractivity contribution in [2.75, 3.05) is 7.11 Å². The third-order valence-corrected chi connectivity index (χ3v) is 3.97. The van der Waals surface area contributed by atoms with Gasteiger partial charge in [-0.3, -0.25) is 9.59 Å². The van der Waals surface area contributed by atoms with Crippen LogP contribution in [0.25, 0.3) is 0 Å². The van der Waals surface area contributed by atoms with Gasteiger partial charge in [-0.15, -0.1) is 0 Å². The number of phenols is 1. The smallest absolute Gasteiger partial charge is 0.170 e. The summed E-state index contributed by atoms with van der Waals surface area (Å²) in [7, 11) is 1.45. The molecule has 2 unspecified atom stereocenters. The van der Waals surface area contributed by atoms with E-state index in [1.165, 1.54) is 19.2 Å². The molecule has 22 heavy (non-hydrogen) atoms. The molecule has 5 heteroatoms. The molecule has 1 aliphatic rings. The van der Waals surface area contributed by atoms with E-state index in [-0.39, 0.29) is 41.6 Å². The molecule has 0 heterocycles. The summed E-state index contributed by atoms with van der Waals surface area (Å²) < 4.78 is 5.17. The van der Waals surface area contributed by atoms with E-state index in [1.54, 1.807) is 0 Å². The number of rotatable bonds is 5. The van der Waals surface area contributed by atoms with Crippen molar-refractivity contribution >= 4 is 11.6 Å². The van der Waals surface area contributed by atoms with E-state index in [0.29, 0.717) is 17.7 Å². The van der Waals surface area contributed by atoms with Gasteiger partial charge >= 0.3 is 0 Å². The number of aliphatic hydroxyl groups is 1. The Morgan fingerprint density at radius 3 is 2.68 bits per heavy atom. The molecule has 1 aromatic carbocycles. The number of hydrogen-bond donors (Lipinski definition) is 2. The summed E-state index contributed by atoms with van der Waals surface area (Å²) in [4.78, 5) is 24.6. The minimum Gasteiger partial charge on any atom is -0.507 e. The van der Waals surface area contributed by atoms with Crippen LogP contribution in [0.5, 0.6) is 11.5 Å². The number of benzene rings is 1. The van der Waals surface area contributed by atoms with E-state index in [9.17, 15) is 19.8 Å². The molecule has 1 aromatic rings. The van der Waals surface area contributed by atoms with Gasteiger partial charge in [0.25, 0.3) is 0 Å². The number of carbonyl (C=O) groups excluding carboxylic acids is 2. The second-order valence-electron chi connectivity index (χ2n) is 6.23. The molecule has 2 N–H and O–H groups in total. The number of phenolic OH excluding ortho intramolecular Hbond substituents is 1. The average molecular weight is 306 g/mol. The lowest BCUT2D eigenvalue weighted by atomic mass is 9.77. The van der Waals surface area contributed by atoms with Crippen LogP contribution in [0.4, 0.5) is 0 Å². The van der Waals surface area contributed by atoms with Gasteiger partial charge in [-0.2, -0.15) is 0 Å². The van der Waals surface area contributed by atoms with Crippen molar-refractivity contribution in [2.24, 2.45) is 11.8 Å². The van der Waals surface area contributed by atoms with Gasteiger partial charge in [-0.1, -0.05) is 13.8 Å². The van der Waals surface area contributed by atoms with Gasteiger partial charge in [0, 0.05) is 24.3 Å². The van der Waals surface area contributed by atoms with Crippen LogP contribution in [0.2, 0.25) is 0 Å². The van der Waals surface area contributed by atoms with E-state index in [0.717, 1.165) is 0 Å². The minimum atomic E-state index is -0.924. The monoisotopic (exact) mass is 306 g/mol. The summed E-state index contributed by atoms with van der Waals surface area (Å²) in [6.07, 6.45) is -0.234. The van der Waals surface area contributed by atoms with E-state index in [2.05, 4.69) is 0 Å². The highest BCUT2D eigenvalue weighted by Crippen LogP contribution is 2.43. The summed E-state index contributed by atoms with van der Waals surface area (Å²) in [5, 5.41) is 20.3. The lowest BCUT2D eigenvalue weighted by Crippen LogP contribution is -2.28. The second-order valence-corrected chi connectivity index (χ2v) is 6.23. The fourth-order valence-electron chi connectivity index (χ4n) is 3.04. The van der Waals surface area contributed by atoms with Gasteiger partial charge in [-0.05, 0) is 24.5 Å². The lowest BCUT2D eigenvalue weighted by molar-refractivity contribution is -0.120. The first-order chi connectivity index (χ1) is 10.3. The Morgan fingerprint density at radius 1 is 1.41 bits per heavy atom. The van der Waals surface area contributed by atoms with E-state index < -0.39 is 12.0 Å². The molecule has 2 atom stereocenters. The Hall–Kier alpha value is -1.88. The highest BCUT2D eigenvalue weighted by atomic mass is 16.5. The maximum absolute atomic E-state index is 12.6. The zero-order chi connectivity index (χ0) is 16.4. The topological polar surface area (TPSA) is 83.8 Å². The van der Waals surface area contributed by atoms with Crippen LogP contribution >= 0.6 is 0 Å². The first kappa shape index (κ1) is 16.5. The minimum absolute atomic E-state index is 0.00591. The van der Waals surface area contributed by atoms with Gasteiger partial charge in [0.2, 0.25) is 0 Å². The highest BCUT2D eigenvalue weighted by Gasteiger charge is 2.37. The van der Waals surface area contributed by atoms with Gasteiger partial charge < -0.3 is 14.9 Å². The molecule has 5 nitrogen and oxygen atoms in total. The number of carbonyl (C=O) groups is 2. The predicted molar refractivity (Wildman–Crippen MR) is 81.1 cm³/mol. The quantitative estimate of drug-likeness (QED) is 0.873. The summed E-state index contributed by atoms with van der Waals surface area (Å²) in [5.74, 6) is -0.453. The number of aromatic hydroxyl groups is 1. The summed E-state index contributed by atoms with van der Waals surface area (Å²) >= 11 is 0. The van der Waals surface area contributed by atoms with Gasteiger partial charge in [0.1, 0.15) is 17.3 Å². The van der Waals surface area contributed by atoms with E-state index in [4.69, 9.17) is 4.74 Å². The van der Waals surface area contributed by atoms with Crippen LogP contribution in [0, 0.1) is 11.8 Å². The van der Waals surface area contributed by atoms with Gasteiger partial charge in [0.15, 0.2) is 5.78 Å². The number of ether oxygens (including phenoxy) is 1. The van der Waals surface area contributed by atoms with Crippen molar-refractivity contribution in [2.45, 2.75) is 39.2 Å². The van der Waals surface area contributed by atoms with Crippen LogP contribution in [0.15, 0.2) is 12.1 Å². The second kappa shape index (κ2) is 6.48. The third-order valence-electron chi connectivity index (χ3n) is 3.97. The zero-order valence-corrected chi connectivity index (χ0v) is 13.1. The number of methoxy groups -OCH3 is 1. The lowest BCUT2D eigenvalue weighted by Gasteiger charge is -2.29. The molecule has 0 bridgehead atoms. The van der Waals surface area contributed by atoms with Crippen LogP contribution < -0.4 is 4.74 Å². The Kier molecular flexibility index (Phi) is 4.86. The Bertz CT molecular complexity index is 591. The van der Waals surface area contributed by atoms with E-state index in [1.807, 2.05) is 13.8 Å². The van der Waals surface area contributed by atoms with Gasteiger partial charge in [0.05, 0.1) is 18.8 Å². The fraction of sp³-hybridized carbons (Fsp3) is 0.529. The molecule has 0 saturated carbocycles. The molecule has 1 aliphatic carbocycles. The predicted octanol–water partition coefficient (Wildman–Crippen LogP) is 2.64. The SMILES string of the molecule is COc1ccc(O)c2c1C(O)CC(CC(=O)CC(C)C)C2=O. The van der Waals surface area contributed by atoms with Crippen molar-refractivity contribution in [3.63, 3.8) is 0 Å². The van der Waals surface area contributed by atoms with Crippen molar-refractivity contribution in [1.29, 1.82) is 0 Å². The molecule has 2 rings (SSSR count). The van der Waals surface area contributed by atoms with Crippen LogP contribution in [-0.2, 0) is 4.79 Å². The molecule has 0 amide bonds. The van der Waals surface area contributed by atoms with Crippen LogP contribution in [0.3, 0.4) is 0 Å². The molecule has 0 aliphatic heterocycles. The summed E-state index contributed by atoms with van der Waals surface area (Å²) in [6.45, 7) is 3.89. The van der Waals surface area contributed by atoms with Crippen molar-refractivity contribution in [3.05, 3.63) is 23.3 Å². The van der Waals surface area contributed by atoms with Crippen molar-refractivity contribution in [1.82, 2.24) is 0 Å². The highest BCUT2D eigenvalue weighted by molar-refractivity contribution is 6.05. The largest absolute Gasteiger partial charge is 0.507 e. The maximum atomic E-state index is 12.6. The molecule has 0 saturated heterocycles. The number of Topliss-reactive ketones (excluding diaryl/α,β-unsaturated/α-hetero) is 2. The van der Waals surface area contributed by atoms with Crippen LogP contribution in [0.1, 0.15) is 55.1 Å². The summed E-state index contributed by atoms with van der Waals surface area (Å²) in [5.41, 5.74) is 0.403. The number of ketones is 2.